The lowest BCUT2D eigenvalue weighted by Crippen LogP contribution is -2.50. The number of nitrogens with one attached hydrogen (secondary N) is 1. The summed E-state index contributed by atoms with van der Waals surface area (Å²) in [6.45, 7) is 6.97. The predicted molar refractivity (Wildman–Crippen MR) is 68.2 cm³/mol. The number of ether oxygens (including phenoxy) is 1. The van der Waals surface area contributed by atoms with Gasteiger partial charge in [0.15, 0.2) is 0 Å². The van der Waals surface area contributed by atoms with Crippen molar-refractivity contribution in [2.45, 2.75) is 37.5 Å². The maximum Gasteiger partial charge on any atom is 0.0829 e. The number of morpholine rings is 1. The molecule has 3 aliphatic rings. The van der Waals surface area contributed by atoms with E-state index in [1.807, 2.05) is 0 Å². The quantitative estimate of drug-likeness (QED) is 0.758. The second-order valence-electron chi connectivity index (χ2n) is 5.78. The summed E-state index contributed by atoms with van der Waals surface area (Å²) in [6, 6.07) is 1.42. The summed E-state index contributed by atoms with van der Waals surface area (Å²) in [4.78, 5) is 5.20. The third-order valence-electron chi connectivity index (χ3n) is 4.60. The highest BCUT2D eigenvalue weighted by Gasteiger charge is 2.33. The Hall–Kier alpha value is -0.160. The molecule has 0 aromatic rings. The molecule has 4 nitrogen and oxygen atoms in total. The summed E-state index contributed by atoms with van der Waals surface area (Å²) in [7, 11) is 2.07. The zero-order valence-electron chi connectivity index (χ0n) is 10.9. The molecule has 0 aromatic heterocycles. The lowest BCUT2D eigenvalue weighted by Gasteiger charge is -2.36. The van der Waals surface area contributed by atoms with E-state index in [4.69, 9.17) is 4.74 Å². The topological polar surface area (TPSA) is 27.7 Å². The van der Waals surface area contributed by atoms with Gasteiger partial charge in [-0.15, -0.1) is 0 Å². The first-order valence-corrected chi connectivity index (χ1v) is 7.10. The van der Waals surface area contributed by atoms with Crippen LogP contribution in [0.3, 0.4) is 0 Å². The average Bonchev–Trinajstić information content (AvgIpc) is 2.96. The number of fused-ring (bicyclic) bond motifs is 1. The third kappa shape index (κ3) is 2.65. The summed E-state index contributed by atoms with van der Waals surface area (Å²) in [5, 5.41) is 3.38. The van der Waals surface area contributed by atoms with Crippen molar-refractivity contribution < 1.29 is 4.74 Å². The minimum Gasteiger partial charge on any atom is -0.374 e. The fourth-order valence-corrected chi connectivity index (χ4v) is 3.52. The van der Waals surface area contributed by atoms with Crippen molar-refractivity contribution in [1.29, 1.82) is 0 Å². The fourth-order valence-electron chi connectivity index (χ4n) is 3.52. The first-order chi connectivity index (χ1) is 8.35. The maximum absolute atomic E-state index is 6.02. The fraction of sp³-hybridized carbons (Fsp3) is 1.00. The minimum atomic E-state index is 0.444. The van der Waals surface area contributed by atoms with Crippen molar-refractivity contribution in [3.05, 3.63) is 0 Å². The lowest BCUT2D eigenvalue weighted by molar-refractivity contribution is -0.0590. The first-order valence-electron chi connectivity index (χ1n) is 7.10. The van der Waals surface area contributed by atoms with Crippen molar-refractivity contribution in [2.24, 2.45) is 0 Å². The summed E-state index contributed by atoms with van der Waals surface area (Å²) in [5.74, 6) is 0. The van der Waals surface area contributed by atoms with Crippen LogP contribution in [0.5, 0.6) is 0 Å². The Morgan fingerprint density at radius 2 is 2.18 bits per heavy atom. The Morgan fingerprint density at radius 3 is 3.00 bits per heavy atom. The summed E-state index contributed by atoms with van der Waals surface area (Å²) < 4.78 is 6.02. The summed E-state index contributed by atoms with van der Waals surface area (Å²) in [6.07, 6.45) is 4.44. The van der Waals surface area contributed by atoms with Gasteiger partial charge in [0.2, 0.25) is 0 Å². The Morgan fingerprint density at radius 1 is 1.24 bits per heavy atom. The second-order valence-corrected chi connectivity index (χ2v) is 5.78. The van der Waals surface area contributed by atoms with Crippen LogP contribution >= 0.6 is 0 Å². The Labute approximate surface area is 104 Å². The van der Waals surface area contributed by atoms with Gasteiger partial charge >= 0.3 is 0 Å². The Kier molecular flexibility index (Phi) is 3.66. The van der Waals surface area contributed by atoms with Crippen LogP contribution in [0.1, 0.15) is 19.3 Å². The van der Waals surface area contributed by atoms with Crippen molar-refractivity contribution in [2.75, 3.05) is 46.4 Å². The number of nitrogens with zero attached hydrogens (tertiary/aromatic N) is 2. The smallest absolute Gasteiger partial charge is 0.0829 e. The first kappa shape index (κ1) is 11.9. The van der Waals surface area contributed by atoms with Gasteiger partial charge in [-0.1, -0.05) is 0 Å². The molecule has 3 unspecified atom stereocenters. The monoisotopic (exact) mass is 239 g/mol. The second kappa shape index (κ2) is 5.22. The van der Waals surface area contributed by atoms with Gasteiger partial charge in [0.1, 0.15) is 0 Å². The van der Waals surface area contributed by atoms with Crippen LogP contribution in [0.25, 0.3) is 0 Å². The van der Waals surface area contributed by atoms with Crippen LogP contribution in [0, 0.1) is 0 Å². The standard InChI is InChI=1S/C13H25N3O/c1-14-11-4-6-15(7-11)8-13-9-16-5-2-3-12(16)10-17-13/h11-14H,2-10H2,1H3. The van der Waals surface area contributed by atoms with Crippen LogP contribution in [-0.2, 0) is 4.74 Å². The molecular weight excluding hydrogens is 214 g/mol. The molecule has 3 heterocycles. The molecule has 0 aliphatic carbocycles. The lowest BCUT2D eigenvalue weighted by atomic mass is 10.2. The zero-order chi connectivity index (χ0) is 11.7. The van der Waals surface area contributed by atoms with E-state index in [-0.39, 0.29) is 0 Å². The largest absolute Gasteiger partial charge is 0.374 e. The normalized spacial score (nSPS) is 39.7. The van der Waals surface area contributed by atoms with Crippen LogP contribution in [0.2, 0.25) is 0 Å². The van der Waals surface area contributed by atoms with Crippen LogP contribution < -0.4 is 5.32 Å². The average molecular weight is 239 g/mol. The number of hydrogen-bond donors (Lipinski definition) is 1. The molecule has 0 radical (unpaired) electrons. The number of rotatable bonds is 3. The van der Waals surface area contributed by atoms with E-state index in [1.165, 1.54) is 38.9 Å². The van der Waals surface area contributed by atoms with Gasteiger partial charge in [-0.05, 0) is 39.4 Å². The molecule has 0 amide bonds. The number of likely N-dealkylation sites (N-methyl/N-ethyl adjacent to an activating group) is 1. The minimum absolute atomic E-state index is 0.444. The molecule has 0 aromatic carbocycles. The molecule has 98 valence electrons. The van der Waals surface area contributed by atoms with Crippen molar-refractivity contribution in [1.82, 2.24) is 15.1 Å². The molecule has 1 N–H and O–H groups in total. The highest BCUT2D eigenvalue weighted by atomic mass is 16.5. The molecule has 0 bridgehead atoms. The third-order valence-corrected chi connectivity index (χ3v) is 4.60. The molecule has 3 saturated heterocycles. The van der Waals surface area contributed by atoms with E-state index in [1.54, 1.807) is 0 Å². The molecular formula is C13H25N3O. The van der Waals surface area contributed by atoms with Gasteiger partial charge in [-0.3, -0.25) is 9.80 Å². The highest BCUT2D eigenvalue weighted by molar-refractivity contribution is 4.88. The van der Waals surface area contributed by atoms with E-state index in [2.05, 4.69) is 22.2 Å². The molecule has 17 heavy (non-hydrogen) atoms. The van der Waals surface area contributed by atoms with E-state index in [0.29, 0.717) is 12.1 Å². The van der Waals surface area contributed by atoms with Gasteiger partial charge in [-0.25, -0.2) is 0 Å². The highest BCUT2D eigenvalue weighted by Crippen LogP contribution is 2.23. The SMILES string of the molecule is CNC1CCN(CC2CN3CCCC3CO2)C1. The Bertz CT molecular complexity index is 261. The summed E-state index contributed by atoms with van der Waals surface area (Å²) >= 11 is 0. The van der Waals surface area contributed by atoms with E-state index < -0.39 is 0 Å². The molecule has 3 atom stereocenters. The van der Waals surface area contributed by atoms with Crippen LogP contribution in [0.15, 0.2) is 0 Å². The van der Waals surface area contributed by atoms with Gasteiger partial charge in [0.05, 0.1) is 12.7 Å². The van der Waals surface area contributed by atoms with Crippen molar-refractivity contribution in [3.63, 3.8) is 0 Å². The zero-order valence-corrected chi connectivity index (χ0v) is 10.9. The predicted octanol–water partition coefficient (Wildman–Crippen LogP) is 0.143. The molecule has 4 heteroatoms. The van der Waals surface area contributed by atoms with Crippen molar-refractivity contribution >= 4 is 0 Å². The van der Waals surface area contributed by atoms with Crippen LogP contribution in [0.4, 0.5) is 0 Å². The molecule has 3 fully saturated rings. The van der Waals surface area contributed by atoms with Gasteiger partial charge in [0, 0.05) is 31.7 Å². The van der Waals surface area contributed by atoms with Gasteiger partial charge in [0.25, 0.3) is 0 Å². The number of likely N-dealkylation sites (tertiary alicyclic amines) is 1. The summed E-state index contributed by atoms with van der Waals surface area (Å²) in [5.41, 5.74) is 0. The molecule has 3 aliphatic heterocycles. The van der Waals surface area contributed by atoms with Crippen LogP contribution in [-0.4, -0.2) is 74.4 Å². The molecule has 0 saturated carbocycles. The molecule has 0 spiro atoms. The number of hydrogen-bond acceptors (Lipinski definition) is 4. The van der Waals surface area contributed by atoms with Crippen molar-refractivity contribution in [3.8, 4) is 0 Å². The van der Waals surface area contributed by atoms with Gasteiger partial charge in [-0.2, -0.15) is 0 Å². The van der Waals surface area contributed by atoms with E-state index in [9.17, 15) is 0 Å². The Balaban J connectivity index is 1.46. The van der Waals surface area contributed by atoms with Gasteiger partial charge < -0.3 is 10.1 Å². The molecule has 3 rings (SSSR count). The maximum atomic E-state index is 6.02. The van der Waals surface area contributed by atoms with E-state index >= 15 is 0 Å². The van der Waals surface area contributed by atoms with E-state index in [0.717, 1.165) is 25.7 Å².